The molecule has 2 aromatic rings. The Morgan fingerprint density at radius 2 is 2.21 bits per heavy atom. The lowest BCUT2D eigenvalue weighted by molar-refractivity contribution is 0.235. The van der Waals surface area contributed by atoms with E-state index in [2.05, 4.69) is 34.8 Å². The molecule has 0 aliphatic carbocycles. The first-order valence-corrected chi connectivity index (χ1v) is 8.71. The summed E-state index contributed by atoms with van der Waals surface area (Å²) in [6, 6.07) is 6.50. The van der Waals surface area contributed by atoms with Gasteiger partial charge in [-0.1, -0.05) is 6.07 Å². The molecule has 1 fully saturated rings. The lowest BCUT2D eigenvalue weighted by atomic mass is 10.1. The second-order valence-electron chi connectivity index (χ2n) is 6.51. The summed E-state index contributed by atoms with van der Waals surface area (Å²) < 4.78 is 7.72. The van der Waals surface area contributed by atoms with Crippen LogP contribution in [0.2, 0.25) is 0 Å². The van der Waals surface area contributed by atoms with Gasteiger partial charge in [-0.25, -0.2) is 4.98 Å². The van der Waals surface area contributed by atoms with Gasteiger partial charge in [0.05, 0.1) is 24.9 Å². The summed E-state index contributed by atoms with van der Waals surface area (Å²) in [4.78, 5) is 7.20. The van der Waals surface area contributed by atoms with E-state index in [0.29, 0.717) is 12.6 Å². The molecule has 24 heavy (non-hydrogen) atoms. The van der Waals surface area contributed by atoms with E-state index in [4.69, 9.17) is 9.72 Å². The molecule has 1 atom stereocenters. The molecule has 1 aromatic carbocycles. The molecule has 1 saturated heterocycles. The van der Waals surface area contributed by atoms with Crippen molar-refractivity contribution in [3.05, 3.63) is 47.0 Å². The highest BCUT2D eigenvalue weighted by molar-refractivity contribution is 5.37. The molecule has 0 spiro atoms. The Morgan fingerprint density at radius 3 is 2.88 bits per heavy atom. The maximum atomic E-state index is 9.59. The van der Waals surface area contributed by atoms with Crippen molar-refractivity contribution in [2.75, 3.05) is 13.2 Å². The molecule has 1 aliphatic rings. The van der Waals surface area contributed by atoms with Gasteiger partial charge in [0.2, 0.25) is 0 Å². The molecule has 1 N–H and O–H groups in total. The van der Waals surface area contributed by atoms with Crippen molar-refractivity contribution in [3.63, 3.8) is 0 Å². The molecule has 0 bridgehead atoms. The van der Waals surface area contributed by atoms with E-state index in [0.717, 1.165) is 42.3 Å². The molecule has 1 aliphatic heterocycles. The number of aromatic nitrogens is 2. The fourth-order valence-electron chi connectivity index (χ4n) is 3.64. The van der Waals surface area contributed by atoms with Crippen molar-refractivity contribution < 1.29 is 9.84 Å². The Bertz CT molecular complexity index is 696. The smallest absolute Gasteiger partial charge is 0.126 e. The van der Waals surface area contributed by atoms with Crippen molar-refractivity contribution in [1.29, 1.82) is 0 Å². The van der Waals surface area contributed by atoms with Gasteiger partial charge in [-0.15, -0.1) is 0 Å². The maximum Gasteiger partial charge on any atom is 0.126 e. The number of hydrogen-bond donors (Lipinski definition) is 1. The van der Waals surface area contributed by atoms with Crippen LogP contribution in [0, 0.1) is 6.92 Å². The van der Waals surface area contributed by atoms with Crippen LogP contribution in [0.15, 0.2) is 24.4 Å². The molecule has 0 saturated carbocycles. The highest BCUT2D eigenvalue weighted by atomic mass is 16.5. The third-order valence-electron chi connectivity index (χ3n) is 4.68. The number of aryl methyl sites for hydroxylation is 2. The van der Waals surface area contributed by atoms with E-state index in [1.165, 1.54) is 12.0 Å². The summed E-state index contributed by atoms with van der Waals surface area (Å²) in [5.41, 5.74) is 3.14. The lowest BCUT2D eigenvalue weighted by Crippen LogP contribution is -2.25. The Hall–Kier alpha value is -1.85. The van der Waals surface area contributed by atoms with Crippen LogP contribution >= 0.6 is 0 Å². The Labute approximate surface area is 143 Å². The van der Waals surface area contributed by atoms with Crippen LogP contribution in [0.1, 0.15) is 48.5 Å². The fourth-order valence-corrected chi connectivity index (χ4v) is 3.64. The van der Waals surface area contributed by atoms with Crippen molar-refractivity contribution in [1.82, 2.24) is 14.5 Å². The maximum absolute atomic E-state index is 9.59. The topological polar surface area (TPSA) is 50.5 Å². The van der Waals surface area contributed by atoms with Gasteiger partial charge in [0, 0.05) is 25.4 Å². The van der Waals surface area contributed by atoms with Gasteiger partial charge >= 0.3 is 0 Å². The van der Waals surface area contributed by atoms with E-state index in [9.17, 15) is 5.11 Å². The van der Waals surface area contributed by atoms with Crippen LogP contribution in [0.3, 0.4) is 0 Å². The number of aliphatic hydroxyl groups excluding tert-OH is 1. The standard InChI is InChI=1S/C19H27N3O2/c1-4-24-18-8-7-15(10-16(18)13-23)12-22-9-5-6-17(22)19-20-14(2)11-21(19)3/h7-8,10-11,17,23H,4-6,9,12-13H2,1-3H3/t17-/m0/s1. The summed E-state index contributed by atoms with van der Waals surface area (Å²) in [5.74, 6) is 1.93. The Morgan fingerprint density at radius 1 is 1.38 bits per heavy atom. The third-order valence-corrected chi connectivity index (χ3v) is 4.68. The monoisotopic (exact) mass is 329 g/mol. The van der Waals surface area contributed by atoms with E-state index < -0.39 is 0 Å². The molecular formula is C19H27N3O2. The number of aliphatic hydroxyl groups is 1. The molecular weight excluding hydrogens is 302 g/mol. The van der Waals surface area contributed by atoms with E-state index in [-0.39, 0.29) is 6.61 Å². The number of hydrogen-bond acceptors (Lipinski definition) is 4. The van der Waals surface area contributed by atoms with Crippen molar-refractivity contribution >= 4 is 0 Å². The number of likely N-dealkylation sites (tertiary alicyclic amines) is 1. The fraction of sp³-hybridized carbons (Fsp3) is 0.526. The van der Waals surface area contributed by atoms with E-state index in [1.54, 1.807) is 0 Å². The average molecular weight is 329 g/mol. The van der Waals surface area contributed by atoms with Crippen LogP contribution in [-0.4, -0.2) is 32.7 Å². The molecule has 5 heteroatoms. The molecule has 130 valence electrons. The zero-order valence-electron chi connectivity index (χ0n) is 14.8. The molecule has 5 nitrogen and oxygen atoms in total. The third kappa shape index (κ3) is 3.47. The zero-order valence-corrected chi connectivity index (χ0v) is 14.8. The number of ether oxygens (including phenoxy) is 1. The van der Waals surface area contributed by atoms with Crippen LogP contribution < -0.4 is 4.74 Å². The molecule has 2 heterocycles. The summed E-state index contributed by atoms with van der Waals surface area (Å²) >= 11 is 0. The van der Waals surface area contributed by atoms with E-state index >= 15 is 0 Å². The van der Waals surface area contributed by atoms with Crippen molar-refractivity contribution in [2.45, 2.75) is 45.9 Å². The van der Waals surface area contributed by atoms with Crippen molar-refractivity contribution in [3.8, 4) is 5.75 Å². The Balaban J connectivity index is 1.78. The summed E-state index contributed by atoms with van der Waals surface area (Å²) in [6.45, 7) is 6.57. The van der Waals surface area contributed by atoms with Gasteiger partial charge in [-0.05, 0) is 50.9 Å². The van der Waals surface area contributed by atoms with Crippen molar-refractivity contribution in [2.24, 2.45) is 7.05 Å². The van der Waals surface area contributed by atoms with Crippen LogP contribution in [-0.2, 0) is 20.2 Å². The largest absolute Gasteiger partial charge is 0.494 e. The van der Waals surface area contributed by atoms with E-state index in [1.807, 2.05) is 19.9 Å². The molecule has 0 radical (unpaired) electrons. The highest BCUT2D eigenvalue weighted by Crippen LogP contribution is 2.33. The van der Waals surface area contributed by atoms with Crippen LogP contribution in [0.5, 0.6) is 5.75 Å². The average Bonchev–Trinajstić information content (AvgIpc) is 3.14. The van der Waals surface area contributed by atoms with Gasteiger partial charge in [0.25, 0.3) is 0 Å². The normalized spacial score (nSPS) is 18.2. The van der Waals surface area contributed by atoms with Gasteiger partial charge in [0.1, 0.15) is 11.6 Å². The first-order valence-electron chi connectivity index (χ1n) is 8.71. The van der Waals surface area contributed by atoms with Crippen LogP contribution in [0.25, 0.3) is 0 Å². The summed E-state index contributed by atoms with van der Waals surface area (Å²) in [5, 5.41) is 9.59. The molecule has 1 aromatic heterocycles. The number of nitrogens with zero attached hydrogens (tertiary/aromatic N) is 3. The van der Waals surface area contributed by atoms with Gasteiger partial charge in [-0.2, -0.15) is 0 Å². The minimum absolute atomic E-state index is 0.00512. The number of benzene rings is 1. The molecule has 0 amide bonds. The summed E-state index contributed by atoms with van der Waals surface area (Å²) in [6.07, 6.45) is 4.43. The molecule has 0 unspecified atom stereocenters. The Kier molecular flexibility index (Phi) is 5.21. The zero-order chi connectivity index (χ0) is 17.1. The van der Waals surface area contributed by atoms with Gasteiger partial charge < -0.3 is 14.4 Å². The minimum atomic E-state index is 0.00512. The summed E-state index contributed by atoms with van der Waals surface area (Å²) in [7, 11) is 2.08. The van der Waals surface area contributed by atoms with Gasteiger partial charge in [-0.3, -0.25) is 4.90 Å². The lowest BCUT2D eigenvalue weighted by Gasteiger charge is -2.24. The second-order valence-corrected chi connectivity index (χ2v) is 6.51. The SMILES string of the molecule is CCOc1ccc(CN2CCC[C@H]2c2nc(C)cn2C)cc1CO. The number of rotatable bonds is 6. The first-order chi connectivity index (χ1) is 11.6. The highest BCUT2D eigenvalue weighted by Gasteiger charge is 2.29. The second kappa shape index (κ2) is 7.36. The van der Waals surface area contributed by atoms with Gasteiger partial charge in [0.15, 0.2) is 0 Å². The minimum Gasteiger partial charge on any atom is -0.494 e. The first kappa shape index (κ1) is 17.0. The van der Waals surface area contributed by atoms with Crippen LogP contribution in [0.4, 0.5) is 0 Å². The predicted molar refractivity (Wildman–Crippen MR) is 93.9 cm³/mol. The molecule has 3 rings (SSSR count). The quantitative estimate of drug-likeness (QED) is 0.885. The number of imidazole rings is 1. The predicted octanol–water partition coefficient (Wildman–Crippen LogP) is 2.96.